The number of carbonyl (C=O) groups excluding carboxylic acids is 1. The third-order valence-corrected chi connectivity index (χ3v) is 3.27. The van der Waals surface area contributed by atoms with E-state index in [4.69, 9.17) is 4.74 Å². The second-order valence-electron chi connectivity index (χ2n) is 4.70. The molecule has 0 spiro atoms. The van der Waals surface area contributed by atoms with E-state index >= 15 is 0 Å². The van der Waals surface area contributed by atoms with Crippen LogP contribution in [0.25, 0.3) is 0 Å². The third-order valence-electron chi connectivity index (χ3n) is 3.27. The van der Waals surface area contributed by atoms with Crippen LogP contribution in [0, 0.1) is 6.92 Å². The molecule has 1 aromatic rings. The van der Waals surface area contributed by atoms with Gasteiger partial charge < -0.3 is 4.74 Å². The number of aryl methyl sites for hydroxylation is 1. The van der Waals surface area contributed by atoms with E-state index in [0.29, 0.717) is 6.61 Å². The van der Waals surface area contributed by atoms with E-state index in [9.17, 15) is 4.79 Å². The van der Waals surface area contributed by atoms with Crippen LogP contribution in [0.15, 0.2) is 12.4 Å². The number of ether oxygens (including phenoxy) is 1. The molecule has 0 saturated carbocycles. The summed E-state index contributed by atoms with van der Waals surface area (Å²) >= 11 is 0. The Bertz CT molecular complexity index is 402. The topological polar surface area (TPSA) is 56.1 Å². The maximum Gasteiger partial charge on any atom is 0.323 e. The summed E-state index contributed by atoms with van der Waals surface area (Å²) in [5.74, 6) is -0.138. The summed E-state index contributed by atoms with van der Waals surface area (Å²) in [4.78, 5) is 11.4. The SMILES string of the molecule is Cc1cnn([C@H](C)[C@H](C)N[C@@H]2CCOC2=O)c1. The number of nitrogens with zero attached hydrogens (tertiary/aromatic N) is 2. The molecule has 0 aromatic carbocycles. The van der Waals surface area contributed by atoms with E-state index < -0.39 is 0 Å². The average molecular weight is 237 g/mol. The molecule has 0 amide bonds. The monoisotopic (exact) mass is 237 g/mol. The summed E-state index contributed by atoms with van der Waals surface area (Å²) in [6.07, 6.45) is 4.61. The minimum atomic E-state index is -0.163. The Morgan fingerprint density at radius 2 is 2.35 bits per heavy atom. The summed E-state index contributed by atoms with van der Waals surface area (Å²) in [6.45, 7) is 6.69. The Hall–Kier alpha value is -1.36. The lowest BCUT2D eigenvalue weighted by molar-refractivity contribution is -0.139. The lowest BCUT2D eigenvalue weighted by atomic mass is 10.1. The van der Waals surface area contributed by atoms with Gasteiger partial charge in [-0.3, -0.25) is 14.8 Å². The highest BCUT2D eigenvalue weighted by Crippen LogP contribution is 2.14. The van der Waals surface area contributed by atoms with Crippen molar-refractivity contribution in [2.45, 2.75) is 45.3 Å². The fraction of sp³-hybridized carbons (Fsp3) is 0.667. The van der Waals surface area contributed by atoms with E-state index in [-0.39, 0.29) is 24.1 Å². The molecule has 1 aromatic heterocycles. The van der Waals surface area contributed by atoms with Crippen LogP contribution in [0.5, 0.6) is 0 Å². The molecule has 2 rings (SSSR count). The van der Waals surface area contributed by atoms with E-state index in [1.54, 1.807) is 0 Å². The molecule has 5 heteroatoms. The van der Waals surface area contributed by atoms with Gasteiger partial charge in [0.2, 0.25) is 0 Å². The Kier molecular flexibility index (Phi) is 3.47. The van der Waals surface area contributed by atoms with Crippen LogP contribution in [-0.4, -0.2) is 34.4 Å². The van der Waals surface area contributed by atoms with Crippen LogP contribution in [0.1, 0.15) is 31.9 Å². The third kappa shape index (κ3) is 2.66. The van der Waals surface area contributed by atoms with Gasteiger partial charge in [-0.15, -0.1) is 0 Å². The second kappa shape index (κ2) is 4.87. The van der Waals surface area contributed by atoms with Gasteiger partial charge in [-0.25, -0.2) is 0 Å². The maximum absolute atomic E-state index is 11.4. The van der Waals surface area contributed by atoms with Crippen LogP contribution < -0.4 is 5.32 Å². The summed E-state index contributed by atoms with van der Waals surface area (Å²) in [7, 11) is 0. The quantitative estimate of drug-likeness (QED) is 0.795. The number of rotatable bonds is 4. The molecule has 0 bridgehead atoms. The summed E-state index contributed by atoms with van der Waals surface area (Å²) in [5.41, 5.74) is 1.14. The fourth-order valence-corrected chi connectivity index (χ4v) is 1.99. The van der Waals surface area contributed by atoms with Gasteiger partial charge in [0.1, 0.15) is 6.04 Å². The normalized spacial score (nSPS) is 23.5. The summed E-state index contributed by atoms with van der Waals surface area (Å²) < 4.78 is 6.86. The minimum Gasteiger partial charge on any atom is -0.464 e. The van der Waals surface area contributed by atoms with Crippen LogP contribution in [0.4, 0.5) is 0 Å². The highest BCUT2D eigenvalue weighted by atomic mass is 16.5. The lowest BCUT2D eigenvalue weighted by Crippen LogP contribution is -2.43. The second-order valence-corrected chi connectivity index (χ2v) is 4.70. The van der Waals surface area contributed by atoms with E-state index in [0.717, 1.165) is 12.0 Å². The Morgan fingerprint density at radius 3 is 2.88 bits per heavy atom. The number of cyclic esters (lactones) is 1. The van der Waals surface area contributed by atoms with Gasteiger partial charge in [-0.2, -0.15) is 5.10 Å². The number of aromatic nitrogens is 2. The lowest BCUT2D eigenvalue weighted by Gasteiger charge is -2.23. The van der Waals surface area contributed by atoms with Crippen molar-refractivity contribution in [1.29, 1.82) is 0 Å². The van der Waals surface area contributed by atoms with Crippen molar-refractivity contribution in [3.05, 3.63) is 18.0 Å². The molecule has 1 N–H and O–H groups in total. The highest BCUT2D eigenvalue weighted by Gasteiger charge is 2.29. The largest absolute Gasteiger partial charge is 0.464 e. The predicted molar refractivity (Wildman–Crippen MR) is 63.6 cm³/mol. The van der Waals surface area contributed by atoms with Crippen LogP contribution in [0.2, 0.25) is 0 Å². The number of carbonyl (C=O) groups is 1. The zero-order valence-electron chi connectivity index (χ0n) is 10.5. The number of esters is 1. The van der Waals surface area contributed by atoms with Crippen LogP contribution in [0.3, 0.4) is 0 Å². The van der Waals surface area contributed by atoms with Gasteiger partial charge in [-0.1, -0.05) is 0 Å². The molecule has 2 heterocycles. The molecule has 94 valence electrons. The van der Waals surface area contributed by atoms with E-state index in [1.807, 2.05) is 24.0 Å². The molecule has 1 aliphatic heterocycles. The smallest absolute Gasteiger partial charge is 0.323 e. The molecule has 3 atom stereocenters. The summed E-state index contributed by atoms with van der Waals surface area (Å²) in [5, 5.41) is 7.59. The first-order valence-electron chi connectivity index (χ1n) is 6.01. The molecule has 0 radical (unpaired) electrons. The average Bonchev–Trinajstić information content (AvgIpc) is 2.88. The van der Waals surface area contributed by atoms with E-state index in [2.05, 4.69) is 24.3 Å². The Balaban J connectivity index is 1.95. The van der Waals surface area contributed by atoms with Crippen molar-refractivity contribution in [3.8, 4) is 0 Å². The zero-order chi connectivity index (χ0) is 12.4. The first kappa shape index (κ1) is 12.1. The first-order valence-corrected chi connectivity index (χ1v) is 6.01. The van der Waals surface area contributed by atoms with Gasteiger partial charge in [0.05, 0.1) is 18.8 Å². The van der Waals surface area contributed by atoms with Gasteiger partial charge in [-0.05, 0) is 26.3 Å². The van der Waals surface area contributed by atoms with Crippen molar-refractivity contribution in [2.24, 2.45) is 0 Å². The Labute approximate surface area is 101 Å². The zero-order valence-corrected chi connectivity index (χ0v) is 10.5. The van der Waals surface area contributed by atoms with Crippen molar-refractivity contribution >= 4 is 5.97 Å². The number of nitrogens with one attached hydrogen (secondary N) is 1. The van der Waals surface area contributed by atoms with Crippen molar-refractivity contribution < 1.29 is 9.53 Å². The van der Waals surface area contributed by atoms with Crippen LogP contribution in [-0.2, 0) is 9.53 Å². The fourth-order valence-electron chi connectivity index (χ4n) is 1.99. The molecule has 1 fully saturated rings. The van der Waals surface area contributed by atoms with Crippen molar-refractivity contribution in [1.82, 2.24) is 15.1 Å². The van der Waals surface area contributed by atoms with Gasteiger partial charge in [0, 0.05) is 18.7 Å². The molecule has 5 nitrogen and oxygen atoms in total. The maximum atomic E-state index is 11.4. The standard InChI is InChI=1S/C12H19N3O2/c1-8-6-13-15(7-8)10(3)9(2)14-11-4-5-17-12(11)16/h6-7,9-11,14H,4-5H2,1-3H3/t9-,10+,11+/m0/s1. The molecule has 1 saturated heterocycles. The van der Waals surface area contributed by atoms with E-state index in [1.165, 1.54) is 0 Å². The predicted octanol–water partition coefficient (Wildman–Crippen LogP) is 1.05. The molecular formula is C12H19N3O2. The number of hydrogen-bond donors (Lipinski definition) is 1. The number of hydrogen-bond acceptors (Lipinski definition) is 4. The first-order chi connectivity index (χ1) is 8.08. The molecule has 0 aliphatic carbocycles. The molecule has 0 unspecified atom stereocenters. The molecular weight excluding hydrogens is 218 g/mol. The van der Waals surface area contributed by atoms with Crippen molar-refractivity contribution in [2.75, 3.05) is 6.61 Å². The van der Waals surface area contributed by atoms with Gasteiger partial charge >= 0.3 is 5.97 Å². The summed E-state index contributed by atoms with van der Waals surface area (Å²) in [6, 6.07) is 0.214. The van der Waals surface area contributed by atoms with Crippen molar-refractivity contribution in [3.63, 3.8) is 0 Å². The van der Waals surface area contributed by atoms with Crippen LogP contribution >= 0.6 is 0 Å². The Morgan fingerprint density at radius 1 is 1.59 bits per heavy atom. The van der Waals surface area contributed by atoms with Gasteiger partial charge in [0.25, 0.3) is 0 Å². The minimum absolute atomic E-state index is 0.138. The highest BCUT2D eigenvalue weighted by molar-refractivity contribution is 5.77. The molecule has 17 heavy (non-hydrogen) atoms. The molecule has 1 aliphatic rings. The van der Waals surface area contributed by atoms with Gasteiger partial charge in [0.15, 0.2) is 0 Å².